The molecule has 0 unspecified atom stereocenters. The van der Waals surface area contributed by atoms with E-state index in [-0.39, 0.29) is 30.2 Å². The lowest BCUT2D eigenvalue weighted by Crippen LogP contribution is -2.47. The highest BCUT2D eigenvalue weighted by atomic mass is 19.4. The van der Waals surface area contributed by atoms with E-state index in [1.54, 1.807) is 55.6 Å². The number of methoxy groups -OCH3 is 1. The molecule has 1 aliphatic heterocycles. The highest BCUT2D eigenvalue weighted by Gasteiger charge is 2.45. The number of amides is 2. The Balaban J connectivity index is 1.84. The van der Waals surface area contributed by atoms with Gasteiger partial charge in [0.2, 0.25) is 5.91 Å². The molecule has 0 aliphatic carbocycles. The monoisotopic (exact) mass is 526 g/mol. The van der Waals surface area contributed by atoms with E-state index < -0.39 is 29.6 Å². The van der Waals surface area contributed by atoms with Gasteiger partial charge in [0, 0.05) is 32.4 Å². The van der Waals surface area contributed by atoms with Gasteiger partial charge in [-0.2, -0.15) is 13.2 Å². The van der Waals surface area contributed by atoms with Crippen LogP contribution in [-0.4, -0.2) is 42.1 Å². The largest absolute Gasteiger partial charge is 0.416 e. The van der Waals surface area contributed by atoms with Gasteiger partial charge in [0.05, 0.1) is 24.1 Å². The van der Waals surface area contributed by atoms with Crippen LogP contribution in [0.5, 0.6) is 0 Å². The maximum Gasteiger partial charge on any atom is 0.416 e. The van der Waals surface area contributed by atoms with Crippen LogP contribution in [0.3, 0.4) is 0 Å². The lowest BCUT2D eigenvalue weighted by Gasteiger charge is -2.42. The van der Waals surface area contributed by atoms with Gasteiger partial charge in [-0.05, 0) is 40.8 Å². The summed E-state index contributed by atoms with van der Waals surface area (Å²) in [6, 6.07) is 17.7. The second-order valence-electron chi connectivity index (χ2n) is 9.13. The van der Waals surface area contributed by atoms with Crippen molar-refractivity contribution in [1.29, 1.82) is 0 Å². The molecule has 9 heteroatoms. The fourth-order valence-electron chi connectivity index (χ4n) is 4.90. The number of hydrogen-bond donors (Lipinski definition) is 2. The van der Waals surface area contributed by atoms with E-state index in [4.69, 9.17) is 4.74 Å². The summed E-state index contributed by atoms with van der Waals surface area (Å²) >= 11 is 0. The molecule has 0 fully saturated rings. The van der Waals surface area contributed by atoms with Crippen molar-refractivity contribution < 1.29 is 32.6 Å². The molecule has 2 N–H and O–H groups in total. The van der Waals surface area contributed by atoms with Crippen molar-refractivity contribution >= 4 is 11.8 Å². The van der Waals surface area contributed by atoms with Crippen molar-refractivity contribution in [1.82, 2.24) is 10.2 Å². The Kier molecular flexibility index (Phi) is 8.48. The predicted octanol–water partition coefficient (Wildman–Crippen LogP) is 4.83. The van der Waals surface area contributed by atoms with Crippen LogP contribution < -0.4 is 5.32 Å². The van der Waals surface area contributed by atoms with Crippen LogP contribution in [0.4, 0.5) is 13.2 Å². The van der Waals surface area contributed by atoms with Crippen LogP contribution in [0.1, 0.15) is 56.6 Å². The Morgan fingerprint density at radius 2 is 1.71 bits per heavy atom. The second kappa shape index (κ2) is 11.8. The first-order valence-electron chi connectivity index (χ1n) is 12.3. The minimum atomic E-state index is -4.61. The summed E-state index contributed by atoms with van der Waals surface area (Å²) in [5, 5.41) is 12.4. The molecule has 2 amide bonds. The molecule has 3 aromatic rings. The fourth-order valence-corrected chi connectivity index (χ4v) is 4.90. The van der Waals surface area contributed by atoms with E-state index in [9.17, 15) is 27.9 Å². The molecule has 0 radical (unpaired) electrons. The number of aliphatic hydroxyl groups excluding tert-OH is 1. The zero-order valence-corrected chi connectivity index (χ0v) is 20.9. The van der Waals surface area contributed by atoms with Crippen molar-refractivity contribution in [2.45, 2.75) is 37.7 Å². The number of aliphatic hydroxyl groups is 1. The summed E-state index contributed by atoms with van der Waals surface area (Å²) in [6.07, 6.45) is -4.03. The molecule has 0 saturated heterocycles. The van der Waals surface area contributed by atoms with Gasteiger partial charge >= 0.3 is 6.18 Å². The molecule has 0 aromatic heterocycles. The molecular formula is C29H29F3N2O4. The molecular weight excluding hydrogens is 497 g/mol. The Bertz CT molecular complexity index is 1280. The van der Waals surface area contributed by atoms with Gasteiger partial charge in [0.25, 0.3) is 5.91 Å². The maximum absolute atomic E-state index is 13.8. The Hall–Kier alpha value is -3.69. The van der Waals surface area contributed by atoms with Crippen LogP contribution in [0.15, 0.2) is 72.8 Å². The number of alkyl halides is 3. The van der Waals surface area contributed by atoms with E-state index in [2.05, 4.69) is 5.32 Å². The van der Waals surface area contributed by atoms with Gasteiger partial charge in [0.1, 0.15) is 0 Å². The highest BCUT2D eigenvalue weighted by molar-refractivity contribution is 6.01. The average Bonchev–Trinajstić information content (AvgIpc) is 2.92. The smallest absolute Gasteiger partial charge is 0.392 e. The fraction of sp³-hybridized carbons (Fsp3) is 0.310. The summed E-state index contributed by atoms with van der Waals surface area (Å²) in [5.41, 5.74) is 1.10. The highest BCUT2D eigenvalue weighted by Crippen LogP contribution is 2.44. The number of halogens is 3. The molecule has 38 heavy (non-hydrogen) atoms. The van der Waals surface area contributed by atoms with Crippen molar-refractivity contribution in [2.75, 3.05) is 20.3 Å². The summed E-state index contributed by atoms with van der Waals surface area (Å²) in [5.74, 6) is -1.67. The molecule has 2 atom stereocenters. The van der Waals surface area contributed by atoms with Crippen molar-refractivity contribution in [3.05, 3.63) is 106 Å². The third kappa shape index (κ3) is 5.74. The molecule has 3 aromatic carbocycles. The normalized spacial score (nSPS) is 17.3. The van der Waals surface area contributed by atoms with E-state index in [0.29, 0.717) is 36.3 Å². The zero-order valence-electron chi connectivity index (χ0n) is 20.9. The predicted molar refractivity (Wildman–Crippen MR) is 135 cm³/mol. The lowest BCUT2D eigenvalue weighted by molar-refractivity contribution is -0.138. The Morgan fingerprint density at radius 1 is 1.03 bits per heavy atom. The first-order chi connectivity index (χ1) is 18.3. The summed E-state index contributed by atoms with van der Waals surface area (Å²) < 4.78 is 46.6. The lowest BCUT2D eigenvalue weighted by atomic mass is 9.78. The van der Waals surface area contributed by atoms with Gasteiger partial charge < -0.3 is 20.1 Å². The second-order valence-corrected chi connectivity index (χ2v) is 9.13. The van der Waals surface area contributed by atoms with E-state index in [1.807, 2.05) is 0 Å². The number of nitrogens with zero attached hydrogens (tertiary/aromatic N) is 1. The quantitative estimate of drug-likeness (QED) is 0.392. The molecule has 1 aliphatic rings. The van der Waals surface area contributed by atoms with Crippen molar-refractivity contribution in [2.24, 2.45) is 0 Å². The molecule has 6 nitrogen and oxygen atoms in total. The van der Waals surface area contributed by atoms with Gasteiger partial charge in [-0.3, -0.25) is 9.59 Å². The Labute approximate surface area is 219 Å². The number of benzene rings is 3. The number of hydrogen-bond acceptors (Lipinski definition) is 4. The van der Waals surface area contributed by atoms with Crippen LogP contribution >= 0.6 is 0 Å². The first kappa shape index (κ1) is 27.3. The van der Waals surface area contributed by atoms with Crippen molar-refractivity contribution in [3.63, 3.8) is 0 Å². The number of fused-ring (bicyclic) bond motifs is 1. The molecule has 0 bridgehead atoms. The van der Waals surface area contributed by atoms with E-state index >= 15 is 0 Å². The number of rotatable bonds is 9. The molecule has 0 saturated carbocycles. The molecule has 0 spiro atoms. The third-order valence-electron chi connectivity index (χ3n) is 6.71. The Morgan fingerprint density at radius 3 is 2.39 bits per heavy atom. The van der Waals surface area contributed by atoms with Crippen LogP contribution in [0, 0.1) is 0 Å². The third-order valence-corrected chi connectivity index (χ3v) is 6.71. The van der Waals surface area contributed by atoms with Gasteiger partial charge in [-0.25, -0.2) is 0 Å². The maximum atomic E-state index is 13.8. The van der Waals surface area contributed by atoms with Crippen molar-refractivity contribution in [3.8, 4) is 0 Å². The first-order valence-corrected chi connectivity index (χ1v) is 12.3. The minimum absolute atomic E-state index is 0.0658. The summed E-state index contributed by atoms with van der Waals surface area (Å²) in [6.45, 7) is 0.250. The zero-order chi connectivity index (χ0) is 27.3. The van der Waals surface area contributed by atoms with Gasteiger partial charge in [-0.1, -0.05) is 60.7 Å². The van der Waals surface area contributed by atoms with E-state index in [1.165, 1.54) is 23.1 Å². The van der Waals surface area contributed by atoms with E-state index in [0.717, 1.165) is 6.07 Å². The summed E-state index contributed by atoms with van der Waals surface area (Å²) in [4.78, 5) is 28.8. The number of ether oxygens (including phenoxy) is 1. The van der Waals surface area contributed by atoms with Crippen LogP contribution in [-0.2, 0) is 28.9 Å². The average molecular weight is 527 g/mol. The minimum Gasteiger partial charge on any atom is -0.392 e. The number of nitrogens with one attached hydrogen (secondary N) is 1. The standard InChI is InChI=1S/C29H29F3N2O4/c1-38-16-6-15-33-27(36)25-22-8-3-4-9-23(22)28(37)34(26(25)20-13-11-19(18-35)12-14-20)17-21-7-2-5-10-24(21)29(30,31)32/h2-5,7-14,25-26,35H,6,15-18H2,1H3,(H,33,36)/t25-,26+/m1/s1. The topological polar surface area (TPSA) is 78.9 Å². The van der Waals surface area contributed by atoms with Gasteiger partial charge in [0.15, 0.2) is 0 Å². The molecule has 1 heterocycles. The van der Waals surface area contributed by atoms with Gasteiger partial charge in [-0.15, -0.1) is 0 Å². The summed E-state index contributed by atoms with van der Waals surface area (Å²) in [7, 11) is 1.56. The van der Waals surface area contributed by atoms with Crippen LogP contribution in [0.2, 0.25) is 0 Å². The molecule has 200 valence electrons. The van der Waals surface area contributed by atoms with Crippen LogP contribution in [0.25, 0.3) is 0 Å². The SMILES string of the molecule is COCCCNC(=O)[C@@H]1c2ccccc2C(=O)N(Cc2ccccc2C(F)(F)F)[C@H]1c1ccc(CO)cc1. The molecule has 4 rings (SSSR count). The number of carbonyl (C=O) groups is 2. The number of carbonyl (C=O) groups excluding carboxylic acids is 2.